The molecule has 0 spiro atoms. The first-order chi connectivity index (χ1) is 14.2. The molecule has 1 saturated carbocycles. The molecule has 3 aromatic rings. The van der Waals surface area contributed by atoms with Crippen LogP contribution in [-0.2, 0) is 17.8 Å². The number of amides is 1. The second-order valence-electron chi connectivity index (χ2n) is 7.31. The molecule has 1 amide bonds. The van der Waals surface area contributed by atoms with Gasteiger partial charge in [-0.05, 0) is 49.2 Å². The predicted molar refractivity (Wildman–Crippen MR) is 106 cm³/mol. The Morgan fingerprint density at radius 3 is 2.66 bits per heavy atom. The van der Waals surface area contributed by atoms with E-state index < -0.39 is 0 Å². The summed E-state index contributed by atoms with van der Waals surface area (Å²) in [5.74, 6) is 2.31. The number of nitrogens with zero attached hydrogens (tertiary/aromatic N) is 3. The van der Waals surface area contributed by atoms with Crippen molar-refractivity contribution in [3.63, 3.8) is 0 Å². The molecule has 1 aromatic carbocycles. The maximum absolute atomic E-state index is 13.1. The Balaban J connectivity index is 1.47. The monoisotopic (exact) mass is 395 g/mol. The SMILES string of the molecule is COc1ccc(-c2noc(CC(=O)N(Cc3ccco3)C3CCCCC3)n2)cc1. The first kappa shape index (κ1) is 19.2. The van der Waals surface area contributed by atoms with E-state index in [9.17, 15) is 4.79 Å². The maximum atomic E-state index is 13.1. The van der Waals surface area contributed by atoms with Crippen molar-refractivity contribution in [2.75, 3.05) is 7.11 Å². The third kappa shape index (κ3) is 4.67. The molecule has 0 N–H and O–H groups in total. The lowest BCUT2D eigenvalue weighted by Crippen LogP contribution is -2.41. The highest BCUT2D eigenvalue weighted by molar-refractivity contribution is 5.78. The number of benzene rings is 1. The fourth-order valence-electron chi connectivity index (χ4n) is 3.80. The van der Waals surface area contributed by atoms with Crippen LogP contribution in [0.3, 0.4) is 0 Å². The van der Waals surface area contributed by atoms with Gasteiger partial charge in [-0.15, -0.1) is 0 Å². The minimum absolute atomic E-state index is 0.0155. The summed E-state index contributed by atoms with van der Waals surface area (Å²) in [6.07, 6.45) is 7.29. The fourth-order valence-corrected chi connectivity index (χ4v) is 3.80. The van der Waals surface area contributed by atoms with Crippen LogP contribution in [0.15, 0.2) is 51.6 Å². The Labute approximate surface area is 169 Å². The van der Waals surface area contributed by atoms with Crippen LogP contribution in [-0.4, -0.2) is 34.1 Å². The van der Waals surface area contributed by atoms with Gasteiger partial charge in [-0.1, -0.05) is 24.4 Å². The molecule has 1 aliphatic carbocycles. The van der Waals surface area contributed by atoms with Crippen molar-refractivity contribution in [2.24, 2.45) is 0 Å². The Morgan fingerprint density at radius 1 is 1.17 bits per heavy atom. The largest absolute Gasteiger partial charge is 0.497 e. The minimum atomic E-state index is -0.0155. The molecule has 1 aliphatic rings. The molecule has 0 saturated heterocycles. The van der Waals surface area contributed by atoms with E-state index in [1.54, 1.807) is 13.4 Å². The molecule has 0 aliphatic heterocycles. The lowest BCUT2D eigenvalue weighted by molar-refractivity contribution is -0.135. The number of methoxy groups -OCH3 is 1. The molecule has 7 nitrogen and oxygen atoms in total. The molecular weight excluding hydrogens is 370 g/mol. The topological polar surface area (TPSA) is 81.6 Å². The highest BCUT2D eigenvalue weighted by atomic mass is 16.5. The Hall–Kier alpha value is -3.09. The zero-order chi connectivity index (χ0) is 20.1. The summed E-state index contributed by atoms with van der Waals surface area (Å²) in [5, 5.41) is 4.03. The summed E-state index contributed by atoms with van der Waals surface area (Å²) >= 11 is 0. The van der Waals surface area contributed by atoms with E-state index in [0.29, 0.717) is 18.3 Å². The lowest BCUT2D eigenvalue weighted by Gasteiger charge is -2.33. The number of carbonyl (C=O) groups excluding carboxylic acids is 1. The van der Waals surface area contributed by atoms with Crippen LogP contribution in [0.4, 0.5) is 0 Å². The van der Waals surface area contributed by atoms with E-state index >= 15 is 0 Å². The Morgan fingerprint density at radius 2 is 1.97 bits per heavy atom. The quantitative estimate of drug-likeness (QED) is 0.595. The number of rotatable bonds is 7. The second-order valence-corrected chi connectivity index (χ2v) is 7.31. The number of furan rings is 1. The van der Waals surface area contributed by atoms with Crippen LogP contribution in [0.5, 0.6) is 5.75 Å². The summed E-state index contributed by atoms with van der Waals surface area (Å²) in [5.41, 5.74) is 0.813. The second kappa shape index (κ2) is 8.94. The van der Waals surface area contributed by atoms with Gasteiger partial charge in [-0.25, -0.2) is 0 Å². The van der Waals surface area contributed by atoms with Crippen molar-refractivity contribution in [1.29, 1.82) is 0 Å². The molecule has 0 bridgehead atoms. The number of aromatic nitrogens is 2. The van der Waals surface area contributed by atoms with Crippen LogP contribution in [0.2, 0.25) is 0 Å². The first-order valence-electron chi connectivity index (χ1n) is 10.0. The van der Waals surface area contributed by atoms with Crippen LogP contribution in [0.1, 0.15) is 43.8 Å². The fraction of sp³-hybridized carbons (Fsp3) is 0.409. The van der Waals surface area contributed by atoms with Crippen LogP contribution in [0, 0.1) is 0 Å². The van der Waals surface area contributed by atoms with Crippen molar-refractivity contribution in [1.82, 2.24) is 15.0 Å². The number of ether oxygens (including phenoxy) is 1. The van der Waals surface area contributed by atoms with Gasteiger partial charge < -0.3 is 18.6 Å². The van der Waals surface area contributed by atoms with E-state index in [1.165, 1.54) is 6.42 Å². The zero-order valence-corrected chi connectivity index (χ0v) is 16.5. The minimum Gasteiger partial charge on any atom is -0.497 e. The molecule has 0 unspecified atom stereocenters. The van der Waals surface area contributed by atoms with Gasteiger partial charge in [-0.3, -0.25) is 4.79 Å². The highest BCUT2D eigenvalue weighted by Crippen LogP contribution is 2.25. The van der Waals surface area contributed by atoms with Gasteiger partial charge in [0, 0.05) is 11.6 Å². The van der Waals surface area contributed by atoms with Crippen molar-refractivity contribution >= 4 is 5.91 Å². The van der Waals surface area contributed by atoms with E-state index in [1.807, 2.05) is 41.3 Å². The molecule has 1 fully saturated rings. The predicted octanol–water partition coefficient (Wildman–Crippen LogP) is 4.24. The first-order valence-corrected chi connectivity index (χ1v) is 10.0. The highest BCUT2D eigenvalue weighted by Gasteiger charge is 2.27. The number of hydrogen-bond acceptors (Lipinski definition) is 6. The van der Waals surface area contributed by atoms with Gasteiger partial charge in [0.15, 0.2) is 0 Å². The zero-order valence-electron chi connectivity index (χ0n) is 16.5. The normalized spacial score (nSPS) is 14.7. The molecule has 2 aromatic heterocycles. The molecule has 0 atom stereocenters. The van der Waals surface area contributed by atoms with Crippen LogP contribution >= 0.6 is 0 Å². The Kier molecular flexibility index (Phi) is 5.93. The molecule has 152 valence electrons. The number of carbonyl (C=O) groups is 1. The molecule has 29 heavy (non-hydrogen) atoms. The van der Waals surface area contributed by atoms with Crippen molar-refractivity contribution in [2.45, 2.75) is 51.1 Å². The molecule has 7 heteroatoms. The van der Waals surface area contributed by atoms with Crippen molar-refractivity contribution in [3.05, 3.63) is 54.3 Å². The van der Waals surface area contributed by atoms with Gasteiger partial charge in [0.1, 0.15) is 17.9 Å². The van der Waals surface area contributed by atoms with Crippen LogP contribution < -0.4 is 4.74 Å². The molecular formula is C22H25N3O4. The van der Waals surface area contributed by atoms with Gasteiger partial charge >= 0.3 is 0 Å². The van der Waals surface area contributed by atoms with Gasteiger partial charge in [0.25, 0.3) is 0 Å². The summed E-state index contributed by atoms with van der Waals surface area (Å²) < 4.78 is 16.0. The van der Waals surface area contributed by atoms with Gasteiger partial charge in [0.2, 0.25) is 17.6 Å². The summed E-state index contributed by atoms with van der Waals surface area (Å²) in [6, 6.07) is 11.4. The summed E-state index contributed by atoms with van der Waals surface area (Å²) in [4.78, 5) is 19.4. The molecule has 0 radical (unpaired) electrons. The standard InChI is InChI=1S/C22H25N3O4/c1-27-18-11-9-16(10-12-18)22-23-20(29-24-22)14-21(26)25(15-19-8-5-13-28-19)17-6-3-2-4-7-17/h5,8-13,17H,2-4,6-7,14-15H2,1H3. The van der Waals surface area contributed by atoms with Gasteiger partial charge in [0.05, 0.1) is 19.9 Å². The average molecular weight is 395 g/mol. The maximum Gasteiger partial charge on any atom is 0.236 e. The van der Waals surface area contributed by atoms with Gasteiger partial charge in [-0.2, -0.15) is 4.98 Å². The van der Waals surface area contributed by atoms with Crippen LogP contribution in [0.25, 0.3) is 11.4 Å². The number of hydrogen-bond donors (Lipinski definition) is 0. The van der Waals surface area contributed by atoms with E-state index in [0.717, 1.165) is 42.8 Å². The summed E-state index contributed by atoms with van der Waals surface area (Å²) in [7, 11) is 1.62. The Bertz CT molecular complexity index is 912. The van der Waals surface area contributed by atoms with E-state index in [4.69, 9.17) is 13.7 Å². The van der Waals surface area contributed by atoms with E-state index in [2.05, 4.69) is 10.1 Å². The van der Waals surface area contributed by atoms with Crippen molar-refractivity contribution < 1.29 is 18.5 Å². The third-order valence-electron chi connectivity index (χ3n) is 5.36. The molecule has 2 heterocycles. The third-order valence-corrected chi connectivity index (χ3v) is 5.36. The summed E-state index contributed by atoms with van der Waals surface area (Å²) in [6.45, 7) is 0.468. The average Bonchev–Trinajstić information content (AvgIpc) is 3.45. The smallest absolute Gasteiger partial charge is 0.236 e. The van der Waals surface area contributed by atoms with Crippen molar-refractivity contribution in [3.8, 4) is 17.1 Å². The lowest BCUT2D eigenvalue weighted by atomic mass is 9.94. The van der Waals surface area contributed by atoms with E-state index in [-0.39, 0.29) is 18.4 Å². The molecule has 4 rings (SSSR count).